The Kier molecular flexibility index (Phi) is 6.50. The number of rotatable bonds is 3. The van der Waals surface area contributed by atoms with Gasteiger partial charge in [-0.1, -0.05) is 0 Å². The van der Waals surface area contributed by atoms with Crippen molar-refractivity contribution in [3.63, 3.8) is 0 Å². The van der Waals surface area contributed by atoms with Crippen molar-refractivity contribution in [2.75, 3.05) is 0 Å². The van der Waals surface area contributed by atoms with Gasteiger partial charge in [-0.25, -0.2) is 0 Å². The largest absolute Gasteiger partial charge is 2.00 e. The van der Waals surface area contributed by atoms with E-state index in [9.17, 15) is 9.59 Å². The number of amides is 1. The molecule has 0 rings (SSSR count). The summed E-state index contributed by atoms with van der Waals surface area (Å²) in [5.74, 6) is -1.92. The predicted molar refractivity (Wildman–Crippen MR) is 29.4 cm³/mol. The minimum Gasteiger partial charge on any atom is -0.480 e. The van der Waals surface area contributed by atoms with Crippen LogP contribution in [-0.4, -0.2) is 23.0 Å². The van der Waals surface area contributed by atoms with E-state index in [-0.39, 0.29) is 25.9 Å². The molecule has 0 aliphatic rings. The standard InChI is InChI=1S/C4H8N2O3.Zn/c5-2(4(8)9)1-3(6)7;/h2H,1,5H2,(H2,6,7)(H,8,9);/q;+2. The molecule has 0 heterocycles. The topological polar surface area (TPSA) is 106 Å². The van der Waals surface area contributed by atoms with Gasteiger partial charge in [-0.3, -0.25) is 9.59 Å². The Balaban J connectivity index is 0. The summed E-state index contributed by atoms with van der Waals surface area (Å²) >= 11 is 0. The number of hydrogen-bond donors (Lipinski definition) is 3. The van der Waals surface area contributed by atoms with Crippen molar-refractivity contribution in [1.29, 1.82) is 0 Å². The Morgan fingerprint density at radius 3 is 2.00 bits per heavy atom. The third kappa shape index (κ3) is 5.66. The number of nitrogens with two attached hydrogens (primary N) is 2. The van der Waals surface area contributed by atoms with Crippen LogP contribution in [0.3, 0.4) is 0 Å². The fraction of sp³-hybridized carbons (Fsp3) is 0.500. The van der Waals surface area contributed by atoms with Crippen LogP contribution in [0.1, 0.15) is 6.42 Å². The van der Waals surface area contributed by atoms with E-state index in [1.165, 1.54) is 0 Å². The monoisotopic (exact) mass is 196 g/mol. The Hall–Kier alpha value is -0.477. The maximum absolute atomic E-state index is 9.99. The maximum atomic E-state index is 9.99. The van der Waals surface area contributed by atoms with Crippen LogP contribution in [-0.2, 0) is 29.1 Å². The second-order valence-electron chi connectivity index (χ2n) is 1.62. The van der Waals surface area contributed by atoms with Gasteiger partial charge < -0.3 is 16.6 Å². The summed E-state index contributed by atoms with van der Waals surface area (Å²) in [6.07, 6.45) is -0.310. The smallest absolute Gasteiger partial charge is 0.480 e. The van der Waals surface area contributed by atoms with Gasteiger partial charge in [0.05, 0.1) is 6.42 Å². The summed E-state index contributed by atoms with van der Waals surface area (Å²) in [6.45, 7) is 0. The molecule has 1 amide bonds. The van der Waals surface area contributed by atoms with Crippen molar-refractivity contribution in [2.45, 2.75) is 12.5 Å². The molecule has 0 radical (unpaired) electrons. The average Bonchev–Trinajstić information content (AvgIpc) is 1.63. The van der Waals surface area contributed by atoms with E-state index in [2.05, 4.69) is 5.73 Å². The SMILES string of the molecule is NC(=O)CC(N)C(=O)O.[Zn+2]. The molecule has 0 aromatic heterocycles. The van der Waals surface area contributed by atoms with Crippen LogP contribution in [0.25, 0.3) is 0 Å². The molecule has 0 saturated carbocycles. The van der Waals surface area contributed by atoms with E-state index in [0.29, 0.717) is 0 Å². The molecule has 10 heavy (non-hydrogen) atoms. The summed E-state index contributed by atoms with van der Waals surface area (Å²) in [7, 11) is 0. The van der Waals surface area contributed by atoms with Crippen molar-refractivity contribution < 1.29 is 34.2 Å². The van der Waals surface area contributed by atoms with Crippen LogP contribution in [0, 0.1) is 0 Å². The van der Waals surface area contributed by atoms with Crippen LogP contribution < -0.4 is 11.5 Å². The molecule has 1 atom stereocenters. The molecule has 0 spiro atoms. The summed E-state index contributed by atoms with van der Waals surface area (Å²) in [5.41, 5.74) is 9.57. The molecule has 0 fully saturated rings. The maximum Gasteiger partial charge on any atom is 2.00 e. The number of primary amides is 1. The van der Waals surface area contributed by atoms with E-state index in [1.54, 1.807) is 0 Å². The molecule has 0 saturated heterocycles. The number of carbonyl (C=O) groups is 2. The van der Waals surface area contributed by atoms with Gasteiger partial charge in [0.25, 0.3) is 0 Å². The van der Waals surface area contributed by atoms with E-state index in [0.717, 1.165) is 0 Å². The molecule has 6 heteroatoms. The Labute approximate surface area is 70.5 Å². The van der Waals surface area contributed by atoms with Crippen LogP contribution in [0.2, 0.25) is 0 Å². The first-order valence-electron chi connectivity index (χ1n) is 2.30. The van der Waals surface area contributed by atoms with E-state index in [1.807, 2.05) is 0 Å². The normalized spacial score (nSPS) is 11.3. The van der Waals surface area contributed by atoms with Crippen LogP contribution in [0.5, 0.6) is 0 Å². The van der Waals surface area contributed by atoms with Crippen LogP contribution in [0.15, 0.2) is 0 Å². The first-order chi connectivity index (χ1) is 4.04. The molecule has 0 aromatic carbocycles. The van der Waals surface area contributed by atoms with Crippen molar-refractivity contribution in [2.24, 2.45) is 11.5 Å². The van der Waals surface area contributed by atoms with E-state index < -0.39 is 17.9 Å². The Morgan fingerprint density at radius 2 is 1.90 bits per heavy atom. The molecule has 5 N–H and O–H groups in total. The summed E-state index contributed by atoms with van der Waals surface area (Å²) in [5, 5.41) is 8.10. The first-order valence-corrected chi connectivity index (χ1v) is 2.30. The fourth-order valence-electron chi connectivity index (χ4n) is 0.304. The third-order valence-electron chi connectivity index (χ3n) is 0.738. The summed E-state index contributed by atoms with van der Waals surface area (Å²) < 4.78 is 0. The van der Waals surface area contributed by atoms with Gasteiger partial charge in [0.2, 0.25) is 5.91 Å². The molecule has 0 aliphatic heterocycles. The number of carbonyl (C=O) groups excluding carboxylic acids is 1. The van der Waals surface area contributed by atoms with E-state index >= 15 is 0 Å². The number of hydrogen-bond acceptors (Lipinski definition) is 3. The third-order valence-corrected chi connectivity index (χ3v) is 0.738. The van der Waals surface area contributed by atoms with Crippen LogP contribution in [0.4, 0.5) is 0 Å². The van der Waals surface area contributed by atoms with Crippen molar-refractivity contribution in [3.8, 4) is 0 Å². The van der Waals surface area contributed by atoms with Crippen molar-refractivity contribution in [3.05, 3.63) is 0 Å². The fourth-order valence-corrected chi connectivity index (χ4v) is 0.304. The second kappa shape index (κ2) is 5.32. The zero-order valence-electron chi connectivity index (χ0n) is 5.41. The molecule has 0 bridgehead atoms. The Bertz CT molecular complexity index is 138. The zero-order chi connectivity index (χ0) is 7.44. The van der Waals surface area contributed by atoms with Crippen LogP contribution >= 0.6 is 0 Å². The quantitative estimate of drug-likeness (QED) is 0.468. The molecular formula is C4H8N2O3Zn+2. The van der Waals surface area contributed by atoms with Gasteiger partial charge in [0, 0.05) is 0 Å². The van der Waals surface area contributed by atoms with Gasteiger partial charge in [-0.05, 0) is 0 Å². The zero-order valence-corrected chi connectivity index (χ0v) is 8.38. The van der Waals surface area contributed by atoms with Gasteiger partial charge in [-0.15, -0.1) is 0 Å². The molecule has 1 unspecified atom stereocenters. The van der Waals surface area contributed by atoms with Gasteiger partial charge >= 0.3 is 25.4 Å². The predicted octanol–water partition coefficient (Wildman–Crippen LogP) is -1.73. The van der Waals surface area contributed by atoms with Gasteiger partial charge in [0.1, 0.15) is 6.04 Å². The average molecular weight is 198 g/mol. The van der Waals surface area contributed by atoms with E-state index in [4.69, 9.17) is 10.8 Å². The number of carboxylic acid groups (broad SMARTS) is 1. The Morgan fingerprint density at radius 1 is 1.50 bits per heavy atom. The van der Waals surface area contributed by atoms with Gasteiger partial charge in [-0.2, -0.15) is 0 Å². The second-order valence-corrected chi connectivity index (χ2v) is 1.62. The number of aliphatic carboxylic acids is 1. The van der Waals surface area contributed by atoms with Crippen molar-refractivity contribution >= 4 is 11.9 Å². The minimum absolute atomic E-state index is 0. The van der Waals surface area contributed by atoms with Crippen molar-refractivity contribution in [1.82, 2.24) is 0 Å². The molecule has 0 aliphatic carbocycles. The molecule has 0 aromatic rings. The molecule has 52 valence electrons. The molecular weight excluding hydrogens is 189 g/mol. The summed E-state index contributed by atoms with van der Waals surface area (Å²) in [4.78, 5) is 19.9. The summed E-state index contributed by atoms with van der Waals surface area (Å²) in [6, 6.07) is -1.16. The van der Waals surface area contributed by atoms with Gasteiger partial charge in [0.15, 0.2) is 0 Å². The molecule has 5 nitrogen and oxygen atoms in total. The number of carboxylic acids is 1. The minimum atomic E-state index is -1.21. The first kappa shape index (κ1) is 12.2.